The number of ether oxygens (including phenoxy) is 1. The van der Waals surface area contributed by atoms with Crippen molar-refractivity contribution in [2.45, 2.75) is 13.2 Å². The van der Waals surface area contributed by atoms with E-state index < -0.39 is 0 Å². The zero-order valence-corrected chi connectivity index (χ0v) is 14.8. The maximum absolute atomic E-state index is 5.98. The van der Waals surface area contributed by atoms with Crippen LogP contribution in [-0.4, -0.2) is 24.7 Å². The Morgan fingerprint density at radius 2 is 1.96 bits per heavy atom. The lowest BCUT2D eigenvalue weighted by Gasteiger charge is -2.09. The summed E-state index contributed by atoms with van der Waals surface area (Å²) in [5.74, 6) is 1.42. The first-order valence-electron chi connectivity index (χ1n) is 8.50. The number of hydrogen-bond donors (Lipinski definition) is 2. The molecule has 8 nitrogen and oxygen atoms in total. The lowest BCUT2D eigenvalue weighted by atomic mass is 10.2. The number of nitrogen functional groups attached to an aromatic ring is 1. The van der Waals surface area contributed by atoms with E-state index in [1.807, 2.05) is 49.5 Å². The van der Waals surface area contributed by atoms with Crippen LogP contribution in [0.3, 0.4) is 0 Å². The highest BCUT2D eigenvalue weighted by atomic mass is 16.5. The van der Waals surface area contributed by atoms with E-state index in [0.29, 0.717) is 36.4 Å². The van der Waals surface area contributed by atoms with Crippen LogP contribution in [0.5, 0.6) is 5.88 Å². The van der Waals surface area contributed by atoms with Crippen molar-refractivity contribution in [3.8, 4) is 5.88 Å². The molecule has 0 bridgehead atoms. The number of aromatic nitrogens is 5. The molecule has 0 saturated carbocycles. The molecule has 0 aliphatic carbocycles. The molecule has 8 heteroatoms. The Morgan fingerprint density at radius 1 is 1.11 bits per heavy atom. The van der Waals surface area contributed by atoms with E-state index in [9.17, 15) is 0 Å². The van der Waals surface area contributed by atoms with Crippen LogP contribution in [0, 0.1) is 0 Å². The molecule has 0 aliphatic heterocycles. The Labute approximate surface area is 156 Å². The van der Waals surface area contributed by atoms with E-state index >= 15 is 0 Å². The zero-order valence-electron chi connectivity index (χ0n) is 14.8. The predicted octanol–water partition coefficient (Wildman–Crippen LogP) is 2.53. The van der Waals surface area contributed by atoms with Crippen LogP contribution in [0.4, 0.5) is 11.8 Å². The fraction of sp³-hybridized carbons (Fsp3) is 0.158. The molecule has 27 heavy (non-hydrogen) atoms. The smallest absolute Gasteiger partial charge is 0.226 e. The van der Waals surface area contributed by atoms with E-state index in [1.165, 1.54) is 0 Å². The third-order valence-corrected chi connectivity index (χ3v) is 4.10. The maximum atomic E-state index is 5.98. The molecule has 0 saturated heterocycles. The molecule has 0 aliphatic rings. The third kappa shape index (κ3) is 3.79. The number of hydrogen-bond acceptors (Lipinski definition) is 7. The summed E-state index contributed by atoms with van der Waals surface area (Å²) in [7, 11) is 1.82. The third-order valence-electron chi connectivity index (χ3n) is 4.10. The molecule has 0 spiro atoms. The monoisotopic (exact) mass is 361 g/mol. The summed E-state index contributed by atoms with van der Waals surface area (Å²) in [4.78, 5) is 13.0. The van der Waals surface area contributed by atoms with E-state index in [0.717, 1.165) is 16.5 Å². The molecule has 0 radical (unpaired) electrons. The standard InChI is InChI=1S/C19H19N7O/c1-26-18-15(11-23-26)17(20)24-19(25-18)22-10-14-7-8-21-16(9-14)27-12-13-5-3-2-4-6-13/h2-9,11H,10,12H2,1H3,(H3,20,22,24,25). The SMILES string of the molecule is Cn1ncc2c(N)nc(NCc3ccnc(OCc4ccccc4)c3)nc21. The Bertz CT molecular complexity index is 1060. The van der Waals surface area contributed by atoms with Gasteiger partial charge in [-0.15, -0.1) is 0 Å². The van der Waals surface area contributed by atoms with E-state index in [2.05, 4.69) is 25.4 Å². The van der Waals surface area contributed by atoms with Gasteiger partial charge in [0.2, 0.25) is 11.8 Å². The van der Waals surface area contributed by atoms with Crippen molar-refractivity contribution in [2.24, 2.45) is 7.05 Å². The van der Waals surface area contributed by atoms with Crippen molar-refractivity contribution in [3.63, 3.8) is 0 Å². The van der Waals surface area contributed by atoms with Gasteiger partial charge >= 0.3 is 0 Å². The van der Waals surface area contributed by atoms with Crippen LogP contribution in [0.25, 0.3) is 11.0 Å². The van der Waals surface area contributed by atoms with E-state index in [-0.39, 0.29) is 0 Å². The van der Waals surface area contributed by atoms with Gasteiger partial charge in [-0.1, -0.05) is 30.3 Å². The predicted molar refractivity (Wildman–Crippen MR) is 103 cm³/mol. The molecule has 1 aromatic carbocycles. The molecular weight excluding hydrogens is 342 g/mol. The Balaban J connectivity index is 1.43. The van der Waals surface area contributed by atoms with Crippen molar-refractivity contribution in [3.05, 3.63) is 66.0 Å². The number of aryl methyl sites for hydroxylation is 1. The molecule has 0 amide bonds. The fourth-order valence-electron chi connectivity index (χ4n) is 2.68. The number of anilines is 2. The summed E-state index contributed by atoms with van der Waals surface area (Å²) in [5.41, 5.74) is 8.76. The van der Waals surface area contributed by atoms with E-state index in [1.54, 1.807) is 17.1 Å². The molecule has 0 atom stereocenters. The number of rotatable bonds is 6. The maximum Gasteiger partial charge on any atom is 0.226 e. The van der Waals surface area contributed by atoms with Crippen LogP contribution in [0.1, 0.15) is 11.1 Å². The second-order valence-electron chi connectivity index (χ2n) is 6.07. The second kappa shape index (κ2) is 7.28. The number of benzene rings is 1. The molecule has 4 rings (SSSR count). The van der Waals surface area contributed by atoms with Crippen LogP contribution in [0.2, 0.25) is 0 Å². The topological polar surface area (TPSA) is 104 Å². The average Bonchev–Trinajstić information content (AvgIpc) is 3.07. The van der Waals surface area contributed by atoms with Crippen molar-refractivity contribution < 1.29 is 4.74 Å². The zero-order chi connectivity index (χ0) is 18.6. The molecule has 0 fully saturated rings. The van der Waals surface area contributed by atoms with Gasteiger partial charge in [0.1, 0.15) is 12.4 Å². The fourth-order valence-corrected chi connectivity index (χ4v) is 2.68. The minimum absolute atomic E-state index is 0.400. The van der Waals surface area contributed by atoms with Crippen LogP contribution in [-0.2, 0) is 20.2 Å². The van der Waals surface area contributed by atoms with Gasteiger partial charge in [0.25, 0.3) is 0 Å². The van der Waals surface area contributed by atoms with Crippen molar-refractivity contribution in [1.82, 2.24) is 24.7 Å². The number of fused-ring (bicyclic) bond motifs is 1. The molecular formula is C19H19N7O. The van der Waals surface area contributed by atoms with Gasteiger partial charge in [-0.25, -0.2) is 4.98 Å². The Morgan fingerprint density at radius 3 is 2.81 bits per heavy atom. The highest BCUT2D eigenvalue weighted by Crippen LogP contribution is 2.19. The average molecular weight is 361 g/mol. The van der Waals surface area contributed by atoms with Gasteiger partial charge in [0.05, 0.1) is 11.6 Å². The van der Waals surface area contributed by atoms with Crippen molar-refractivity contribution in [2.75, 3.05) is 11.1 Å². The van der Waals surface area contributed by atoms with Gasteiger partial charge in [0, 0.05) is 25.9 Å². The first-order chi connectivity index (χ1) is 13.2. The molecule has 3 aromatic heterocycles. The minimum Gasteiger partial charge on any atom is -0.473 e. The van der Waals surface area contributed by atoms with Gasteiger partial charge in [-0.05, 0) is 17.2 Å². The molecule has 3 heterocycles. The summed E-state index contributed by atoms with van der Waals surface area (Å²) in [6, 6.07) is 13.8. The first kappa shape index (κ1) is 16.8. The number of pyridine rings is 1. The number of nitrogens with zero attached hydrogens (tertiary/aromatic N) is 5. The van der Waals surface area contributed by atoms with Crippen LogP contribution < -0.4 is 15.8 Å². The normalized spacial score (nSPS) is 10.9. The summed E-state index contributed by atoms with van der Waals surface area (Å²) >= 11 is 0. The summed E-state index contributed by atoms with van der Waals surface area (Å²) in [5, 5.41) is 8.08. The van der Waals surface area contributed by atoms with Gasteiger partial charge < -0.3 is 15.8 Å². The highest BCUT2D eigenvalue weighted by molar-refractivity contribution is 5.86. The molecule has 3 N–H and O–H groups in total. The highest BCUT2D eigenvalue weighted by Gasteiger charge is 2.09. The number of nitrogens with one attached hydrogen (secondary N) is 1. The summed E-state index contributed by atoms with van der Waals surface area (Å²) in [6.07, 6.45) is 3.38. The molecule has 136 valence electrons. The van der Waals surface area contributed by atoms with Gasteiger partial charge in [-0.2, -0.15) is 15.1 Å². The second-order valence-corrected chi connectivity index (χ2v) is 6.07. The lowest BCUT2D eigenvalue weighted by Crippen LogP contribution is -2.07. The quantitative estimate of drug-likeness (QED) is 0.544. The molecule has 0 unspecified atom stereocenters. The Hall–Kier alpha value is -3.68. The van der Waals surface area contributed by atoms with E-state index in [4.69, 9.17) is 10.5 Å². The summed E-state index contributed by atoms with van der Waals surface area (Å²) in [6.45, 7) is 0.995. The molecule has 4 aromatic rings. The number of nitrogens with two attached hydrogens (primary N) is 1. The van der Waals surface area contributed by atoms with Gasteiger partial charge in [0.15, 0.2) is 5.65 Å². The first-order valence-corrected chi connectivity index (χ1v) is 8.50. The van der Waals surface area contributed by atoms with Crippen molar-refractivity contribution in [1.29, 1.82) is 0 Å². The van der Waals surface area contributed by atoms with Crippen LogP contribution >= 0.6 is 0 Å². The van der Waals surface area contributed by atoms with Crippen LogP contribution in [0.15, 0.2) is 54.9 Å². The van der Waals surface area contributed by atoms with Gasteiger partial charge in [-0.3, -0.25) is 4.68 Å². The Kier molecular flexibility index (Phi) is 4.52. The van der Waals surface area contributed by atoms with Crippen molar-refractivity contribution >= 4 is 22.8 Å². The minimum atomic E-state index is 0.400. The summed E-state index contributed by atoms with van der Waals surface area (Å²) < 4.78 is 7.43. The largest absolute Gasteiger partial charge is 0.473 e. The lowest BCUT2D eigenvalue weighted by molar-refractivity contribution is 0.293.